The third kappa shape index (κ3) is 5.67. The molecule has 0 bridgehead atoms. The van der Waals surface area contributed by atoms with Gasteiger partial charge in [0.1, 0.15) is 0 Å². The second-order valence-corrected chi connectivity index (χ2v) is 8.03. The Morgan fingerprint density at radius 1 is 1.06 bits per heavy atom. The van der Waals surface area contributed by atoms with Crippen molar-refractivity contribution in [1.82, 2.24) is 4.90 Å². The van der Waals surface area contributed by atoms with E-state index >= 15 is 0 Å². The Bertz CT molecular complexity index is 1040. The number of rotatable bonds is 10. The summed E-state index contributed by atoms with van der Waals surface area (Å²) < 4.78 is 11.5. The van der Waals surface area contributed by atoms with Crippen molar-refractivity contribution in [1.29, 1.82) is 0 Å². The van der Waals surface area contributed by atoms with Crippen LogP contribution < -0.4 is 9.47 Å². The second-order valence-electron chi connectivity index (χ2n) is 7.03. The normalized spacial score (nSPS) is 14.8. The number of nitro groups is 1. The van der Waals surface area contributed by atoms with Crippen LogP contribution in [0.1, 0.15) is 37.8 Å². The van der Waals surface area contributed by atoms with Crippen molar-refractivity contribution in [3.63, 3.8) is 0 Å². The molecule has 0 unspecified atom stereocenters. The molecule has 0 radical (unpaired) electrons. The fourth-order valence-corrected chi connectivity index (χ4v) is 3.86. The molecule has 0 atom stereocenters. The Labute approximate surface area is 190 Å². The van der Waals surface area contributed by atoms with Gasteiger partial charge in [0.2, 0.25) is 0 Å². The van der Waals surface area contributed by atoms with Crippen LogP contribution in [-0.2, 0) is 11.3 Å². The number of non-ortho nitro benzene ring substituents is 1. The third-order valence-electron chi connectivity index (χ3n) is 4.68. The molecule has 8 nitrogen and oxygen atoms in total. The topological polar surface area (TPSA) is 99.0 Å². The Morgan fingerprint density at radius 3 is 2.47 bits per heavy atom. The maximum absolute atomic E-state index is 12.8. The molecule has 2 amide bonds. The molecule has 0 N–H and O–H groups in total. The summed E-state index contributed by atoms with van der Waals surface area (Å²) in [4.78, 5) is 36.9. The standard InChI is InChI=1S/C23H24N2O6S/c1-3-5-12-31-19-11-8-17(13-20(19)30-4-2)14-21-22(26)24(23(27)32-21)15-16-6-9-18(10-7-16)25(28)29/h6-11,13-14H,3-5,12,15H2,1-2H3/b21-14-. The van der Waals surface area contributed by atoms with Crippen molar-refractivity contribution in [2.75, 3.05) is 13.2 Å². The number of unbranched alkanes of at least 4 members (excludes halogenated alkanes) is 1. The average Bonchev–Trinajstić information content (AvgIpc) is 3.03. The van der Waals surface area contributed by atoms with Crippen LogP contribution in [0, 0.1) is 10.1 Å². The number of thioether (sulfide) groups is 1. The van der Waals surface area contributed by atoms with Gasteiger partial charge in [-0.1, -0.05) is 31.5 Å². The first-order valence-electron chi connectivity index (χ1n) is 10.3. The third-order valence-corrected chi connectivity index (χ3v) is 5.59. The van der Waals surface area contributed by atoms with E-state index in [0.29, 0.717) is 35.2 Å². The SMILES string of the molecule is CCCCOc1ccc(/C=C2\SC(=O)N(Cc3ccc([N+](=O)[O-])cc3)C2=O)cc1OCC. The molecule has 1 aliphatic heterocycles. The van der Waals surface area contributed by atoms with E-state index < -0.39 is 10.8 Å². The van der Waals surface area contributed by atoms with Crippen molar-refractivity contribution in [3.05, 3.63) is 68.6 Å². The highest BCUT2D eigenvalue weighted by atomic mass is 32.2. The van der Waals surface area contributed by atoms with Gasteiger partial charge in [-0.3, -0.25) is 24.6 Å². The molecule has 1 aliphatic rings. The van der Waals surface area contributed by atoms with Crippen LogP contribution in [0.3, 0.4) is 0 Å². The highest BCUT2D eigenvalue weighted by Crippen LogP contribution is 2.35. The lowest BCUT2D eigenvalue weighted by Crippen LogP contribution is -2.27. The van der Waals surface area contributed by atoms with Gasteiger partial charge in [-0.2, -0.15) is 0 Å². The lowest BCUT2D eigenvalue weighted by atomic mass is 10.1. The molecule has 32 heavy (non-hydrogen) atoms. The zero-order valence-corrected chi connectivity index (χ0v) is 18.7. The van der Waals surface area contributed by atoms with Gasteiger partial charge in [0, 0.05) is 12.1 Å². The lowest BCUT2D eigenvalue weighted by Gasteiger charge is -2.13. The number of nitro benzene ring substituents is 1. The minimum Gasteiger partial charge on any atom is -0.490 e. The maximum Gasteiger partial charge on any atom is 0.293 e. The average molecular weight is 457 g/mol. The van der Waals surface area contributed by atoms with E-state index in [1.807, 2.05) is 13.0 Å². The molecule has 1 fully saturated rings. The molecular formula is C23H24N2O6S. The second kappa shape index (κ2) is 10.8. The van der Waals surface area contributed by atoms with E-state index in [9.17, 15) is 19.7 Å². The smallest absolute Gasteiger partial charge is 0.293 e. The largest absolute Gasteiger partial charge is 0.490 e. The summed E-state index contributed by atoms with van der Waals surface area (Å²) in [7, 11) is 0. The highest BCUT2D eigenvalue weighted by Gasteiger charge is 2.35. The van der Waals surface area contributed by atoms with E-state index in [-0.39, 0.29) is 17.5 Å². The van der Waals surface area contributed by atoms with Crippen molar-refractivity contribution in [3.8, 4) is 11.5 Å². The number of hydrogen-bond acceptors (Lipinski definition) is 7. The number of benzene rings is 2. The van der Waals surface area contributed by atoms with Crippen LogP contribution >= 0.6 is 11.8 Å². The maximum atomic E-state index is 12.8. The van der Waals surface area contributed by atoms with Crippen molar-refractivity contribution in [2.24, 2.45) is 0 Å². The molecular weight excluding hydrogens is 432 g/mol. The number of nitrogens with zero attached hydrogens (tertiary/aromatic N) is 2. The first-order chi connectivity index (χ1) is 15.4. The summed E-state index contributed by atoms with van der Waals surface area (Å²) in [5, 5.41) is 10.4. The van der Waals surface area contributed by atoms with Gasteiger partial charge < -0.3 is 9.47 Å². The quantitative estimate of drug-likeness (QED) is 0.204. The molecule has 2 aromatic carbocycles. The molecule has 0 spiro atoms. The van der Waals surface area contributed by atoms with Gasteiger partial charge >= 0.3 is 0 Å². The fraction of sp³-hybridized carbons (Fsp3) is 0.304. The summed E-state index contributed by atoms with van der Waals surface area (Å²) in [6.45, 7) is 5.09. The van der Waals surface area contributed by atoms with E-state index in [4.69, 9.17) is 9.47 Å². The molecule has 168 valence electrons. The van der Waals surface area contributed by atoms with Crippen LogP contribution in [0.2, 0.25) is 0 Å². The van der Waals surface area contributed by atoms with Gasteiger partial charge in [-0.25, -0.2) is 0 Å². The van der Waals surface area contributed by atoms with Gasteiger partial charge in [-0.15, -0.1) is 0 Å². The summed E-state index contributed by atoms with van der Waals surface area (Å²) >= 11 is 0.862. The highest BCUT2D eigenvalue weighted by molar-refractivity contribution is 8.18. The Hall–Kier alpha value is -3.33. The number of carbonyl (C=O) groups excluding carboxylic acids is 2. The summed E-state index contributed by atoms with van der Waals surface area (Å²) in [5.41, 5.74) is 1.30. The predicted octanol–water partition coefficient (Wildman–Crippen LogP) is 5.41. The van der Waals surface area contributed by atoms with Gasteiger partial charge in [0.05, 0.1) is 29.6 Å². The molecule has 1 heterocycles. The molecule has 0 aliphatic carbocycles. The fourth-order valence-electron chi connectivity index (χ4n) is 3.02. The summed E-state index contributed by atoms with van der Waals surface area (Å²) in [5.74, 6) is 0.825. The zero-order chi connectivity index (χ0) is 23.1. The number of hydrogen-bond donors (Lipinski definition) is 0. The summed E-state index contributed by atoms with van der Waals surface area (Å²) in [6, 6.07) is 11.2. The van der Waals surface area contributed by atoms with Crippen molar-refractivity contribution in [2.45, 2.75) is 33.2 Å². The number of ether oxygens (including phenoxy) is 2. The lowest BCUT2D eigenvalue weighted by molar-refractivity contribution is -0.384. The van der Waals surface area contributed by atoms with E-state index in [2.05, 4.69) is 6.92 Å². The molecule has 0 saturated carbocycles. The van der Waals surface area contributed by atoms with E-state index in [0.717, 1.165) is 35.1 Å². The Balaban J connectivity index is 1.75. The first-order valence-corrected chi connectivity index (χ1v) is 11.1. The predicted molar refractivity (Wildman–Crippen MR) is 123 cm³/mol. The van der Waals surface area contributed by atoms with Crippen molar-refractivity contribution < 1.29 is 24.0 Å². The minimum atomic E-state index is -0.497. The van der Waals surface area contributed by atoms with Gasteiger partial charge in [-0.05, 0) is 54.4 Å². The van der Waals surface area contributed by atoms with Gasteiger partial charge in [0.15, 0.2) is 11.5 Å². The number of carbonyl (C=O) groups is 2. The van der Waals surface area contributed by atoms with Crippen LogP contribution in [0.15, 0.2) is 47.4 Å². The molecule has 2 aromatic rings. The first kappa shape index (κ1) is 23.3. The molecule has 3 rings (SSSR count). The van der Waals surface area contributed by atoms with Crippen LogP contribution in [0.5, 0.6) is 11.5 Å². The van der Waals surface area contributed by atoms with Gasteiger partial charge in [0.25, 0.3) is 16.8 Å². The minimum absolute atomic E-state index is 0.0463. The monoisotopic (exact) mass is 456 g/mol. The molecule has 0 aromatic heterocycles. The molecule has 9 heteroatoms. The molecule has 1 saturated heterocycles. The van der Waals surface area contributed by atoms with Crippen molar-refractivity contribution >= 4 is 34.7 Å². The Kier molecular flexibility index (Phi) is 7.88. The van der Waals surface area contributed by atoms with Crippen LogP contribution in [0.25, 0.3) is 6.08 Å². The number of imide groups is 1. The van der Waals surface area contributed by atoms with Crippen LogP contribution in [-0.4, -0.2) is 34.2 Å². The Morgan fingerprint density at radius 2 is 1.81 bits per heavy atom. The van der Waals surface area contributed by atoms with E-state index in [1.54, 1.807) is 18.2 Å². The number of amides is 2. The van der Waals surface area contributed by atoms with Crippen LogP contribution in [0.4, 0.5) is 10.5 Å². The van der Waals surface area contributed by atoms with E-state index in [1.165, 1.54) is 24.3 Å². The summed E-state index contributed by atoms with van der Waals surface area (Å²) in [6.07, 6.45) is 3.62. The zero-order valence-electron chi connectivity index (χ0n) is 17.9.